The van der Waals surface area contributed by atoms with E-state index in [2.05, 4.69) is 4.72 Å². The predicted octanol–water partition coefficient (Wildman–Crippen LogP) is 3.88. The van der Waals surface area contributed by atoms with Crippen LogP contribution in [0.4, 0.5) is 11.4 Å². The summed E-state index contributed by atoms with van der Waals surface area (Å²) in [6.45, 7) is 3.94. The molecule has 10 heteroatoms. The summed E-state index contributed by atoms with van der Waals surface area (Å²) in [5, 5.41) is 9.67. The zero-order valence-corrected chi connectivity index (χ0v) is 18.6. The highest BCUT2D eigenvalue weighted by Crippen LogP contribution is 2.31. The fraction of sp³-hybridized carbons (Fsp3) is 0.316. The number of hydrogen-bond donors (Lipinski definition) is 2. The lowest BCUT2D eigenvalue weighted by atomic mass is 10.1. The standard InChI is InChI=1S/C19H23Cl2N3O4S/c1-4-24(10-9-23(2)3)18-8-5-13(19(25)26)11-17(18)22-29(27,28)14-6-7-15(20)16(21)12-14/h5-8,11-12,22H,4,9-10H2,1-3H3,(H,25,26). The van der Waals surface area contributed by atoms with Crippen LogP contribution in [0, 0.1) is 0 Å². The molecule has 0 aliphatic carbocycles. The molecule has 0 unspecified atom stereocenters. The first kappa shape index (κ1) is 23.3. The lowest BCUT2D eigenvalue weighted by molar-refractivity contribution is 0.0697. The second kappa shape index (κ2) is 9.67. The molecule has 29 heavy (non-hydrogen) atoms. The van der Waals surface area contributed by atoms with Crippen molar-refractivity contribution in [2.24, 2.45) is 0 Å². The molecule has 0 aromatic heterocycles. The van der Waals surface area contributed by atoms with E-state index in [0.29, 0.717) is 18.8 Å². The molecule has 0 bridgehead atoms. The van der Waals surface area contributed by atoms with Gasteiger partial charge in [-0.25, -0.2) is 13.2 Å². The van der Waals surface area contributed by atoms with Gasteiger partial charge in [0.1, 0.15) is 0 Å². The first-order chi connectivity index (χ1) is 13.5. The van der Waals surface area contributed by atoms with E-state index < -0.39 is 16.0 Å². The van der Waals surface area contributed by atoms with Crippen LogP contribution in [-0.4, -0.2) is 58.1 Å². The van der Waals surface area contributed by atoms with Gasteiger partial charge in [-0.1, -0.05) is 23.2 Å². The molecule has 0 saturated carbocycles. The van der Waals surface area contributed by atoms with Crippen LogP contribution in [0.1, 0.15) is 17.3 Å². The van der Waals surface area contributed by atoms with E-state index in [1.165, 1.54) is 30.3 Å². The number of sulfonamides is 1. The Bertz CT molecular complexity index is 997. The zero-order chi connectivity index (χ0) is 21.8. The van der Waals surface area contributed by atoms with Gasteiger partial charge < -0.3 is 14.9 Å². The fourth-order valence-electron chi connectivity index (χ4n) is 2.64. The molecule has 0 radical (unpaired) electrons. The van der Waals surface area contributed by atoms with E-state index in [9.17, 15) is 18.3 Å². The molecular formula is C19H23Cl2N3O4S. The number of nitrogens with zero attached hydrogens (tertiary/aromatic N) is 2. The molecule has 0 amide bonds. The van der Waals surface area contributed by atoms with Crippen molar-refractivity contribution in [2.75, 3.05) is 43.4 Å². The van der Waals surface area contributed by atoms with Gasteiger partial charge in [0.15, 0.2) is 0 Å². The van der Waals surface area contributed by atoms with Crippen molar-refractivity contribution in [1.82, 2.24) is 4.90 Å². The summed E-state index contributed by atoms with van der Waals surface area (Å²) < 4.78 is 28.3. The largest absolute Gasteiger partial charge is 0.478 e. The van der Waals surface area contributed by atoms with Gasteiger partial charge in [0, 0.05) is 19.6 Å². The van der Waals surface area contributed by atoms with Gasteiger partial charge in [0.05, 0.1) is 31.9 Å². The number of anilines is 2. The van der Waals surface area contributed by atoms with Crippen molar-refractivity contribution in [3.63, 3.8) is 0 Å². The van der Waals surface area contributed by atoms with Gasteiger partial charge in [-0.3, -0.25) is 4.72 Å². The topological polar surface area (TPSA) is 89.9 Å². The van der Waals surface area contributed by atoms with Gasteiger partial charge >= 0.3 is 5.97 Å². The zero-order valence-electron chi connectivity index (χ0n) is 16.3. The lowest BCUT2D eigenvalue weighted by Gasteiger charge is -2.27. The van der Waals surface area contributed by atoms with Crippen LogP contribution in [0.3, 0.4) is 0 Å². The van der Waals surface area contributed by atoms with Crippen LogP contribution in [0.5, 0.6) is 0 Å². The van der Waals surface area contributed by atoms with Gasteiger partial charge in [-0.15, -0.1) is 0 Å². The number of nitrogens with one attached hydrogen (secondary N) is 1. The molecular weight excluding hydrogens is 437 g/mol. The predicted molar refractivity (Wildman–Crippen MR) is 117 cm³/mol. The molecule has 0 saturated heterocycles. The van der Waals surface area contributed by atoms with Crippen LogP contribution in [0.25, 0.3) is 0 Å². The maximum absolute atomic E-state index is 12.9. The van der Waals surface area contributed by atoms with E-state index >= 15 is 0 Å². The summed E-state index contributed by atoms with van der Waals surface area (Å²) in [6, 6.07) is 8.34. The third-order valence-corrected chi connectivity index (χ3v) is 6.33. The van der Waals surface area contributed by atoms with Crippen molar-refractivity contribution >= 4 is 50.6 Å². The van der Waals surface area contributed by atoms with Gasteiger partial charge in [0.2, 0.25) is 0 Å². The van der Waals surface area contributed by atoms with E-state index in [1.54, 1.807) is 6.07 Å². The Kier molecular flexibility index (Phi) is 7.76. The normalized spacial score (nSPS) is 11.5. The quantitative estimate of drug-likeness (QED) is 0.591. The second-order valence-electron chi connectivity index (χ2n) is 6.60. The maximum Gasteiger partial charge on any atom is 0.335 e. The number of carboxylic acid groups (broad SMARTS) is 1. The number of aromatic carboxylic acids is 1. The summed E-state index contributed by atoms with van der Waals surface area (Å²) in [5.41, 5.74) is 0.740. The van der Waals surface area contributed by atoms with E-state index in [1.807, 2.05) is 30.8 Å². The molecule has 0 aliphatic heterocycles. The fourth-order valence-corrected chi connectivity index (χ4v) is 4.10. The maximum atomic E-state index is 12.9. The number of carbonyl (C=O) groups is 1. The molecule has 0 aliphatic rings. The number of benzene rings is 2. The van der Waals surface area contributed by atoms with Crippen molar-refractivity contribution in [3.8, 4) is 0 Å². The third kappa shape index (κ3) is 5.99. The van der Waals surface area contributed by atoms with Crippen LogP contribution >= 0.6 is 23.2 Å². The molecule has 2 rings (SSSR count). The van der Waals surface area contributed by atoms with Crippen LogP contribution in [-0.2, 0) is 10.0 Å². The number of carboxylic acids is 1. The first-order valence-electron chi connectivity index (χ1n) is 8.80. The number of halogens is 2. The minimum Gasteiger partial charge on any atom is -0.478 e. The molecule has 2 aromatic carbocycles. The molecule has 0 atom stereocenters. The highest BCUT2D eigenvalue weighted by Gasteiger charge is 2.21. The Hall–Kier alpha value is -2.00. The number of likely N-dealkylation sites (N-methyl/N-ethyl adjacent to an activating group) is 2. The van der Waals surface area contributed by atoms with Gasteiger partial charge in [-0.2, -0.15) is 0 Å². The van der Waals surface area contributed by atoms with Crippen molar-refractivity contribution in [3.05, 3.63) is 52.0 Å². The van der Waals surface area contributed by atoms with Crippen LogP contribution < -0.4 is 9.62 Å². The van der Waals surface area contributed by atoms with Gasteiger partial charge in [-0.05, 0) is 57.4 Å². The van der Waals surface area contributed by atoms with Gasteiger partial charge in [0.25, 0.3) is 10.0 Å². The molecule has 0 fully saturated rings. The molecule has 158 valence electrons. The van der Waals surface area contributed by atoms with Crippen LogP contribution in [0.15, 0.2) is 41.3 Å². The molecule has 7 nitrogen and oxygen atoms in total. The highest BCUT2D eigenvalue weighted by atomic mass is 35.5. The Labute approximate surface area is 180 Å². The third-order valence-electron chi connectivity index (χ3n) is 4.23. The van der Waals surface area contributed by atoms with E-state index in [4.69, 9.17) is 23.2 Å². The molecule has 2 N–H and O–H groups in total. The Morgan fingerprint density at radius 3 is 2.31 bits per heavy atom. The Morgan fingerprint density at radius 1 is 1.07 bits per heavy atom. The molecule has 2 aromatic rings. The first-order valence-corrected chi connectivity index (χ1v) is 11.0. The number of rotatable bonds is 9. The van der Waals surface area contributed by atoms with Crippen molar-refractivity contribution in [2.45, 2.75) is 11.8 Å². The lowest BCUT2D eigenvalue weighted by Crippen LogP contribution is -2.32. The number of hydrogen-bond acceptors (Lipinski definition) is 5. The Morgan fingerprint density at radius 2 is 1.76 bits per heavy atom. The smallest absolute Gasteiger partial charge is 0.335 e. The van der Waals surface area contributed by atoms with E-state index in [-0.39, 0.29) is 26.2 Å². The average molecular weight is 460 g/mol. The average Bonchev–Trinajstić information content (AvgIpc) is 2.64. The molecule has 0 spiro atoms. The summed E-state index contributed by atoms with van der Waals surface area (Å²) in [7, 11) is -0.134. The van der Waals surface area contributed by atoms with Crippen molar-refractivity contribution < 1.29 is 18.3 Å². The monoisotopic (exact) mass is 459 g/mol. The second-order valence-corrected chi connectivity index (χ2v) is 9.10. The summed E-state index contributed by atoms with van der Waals surface area (Å²) >= 11 is 11.8. The summed E-state index contributed by atoms with van der Waals surface area (Å²) in [5.74, 6) is -1.15. The highest BCUT2D eigenvalue weighted by molar-refractivity contribution is 7.92. The SMILES string of the molecule is CCN(CCN(C)C)c1ccc(C(=O)O)cc1NS(=O)(=O)c1ccc(Cl)c(Cl)c1. The Balaban J connectivity index is 2.48. The van der Waals surface area contributed by atoms with Crippen molar-refractivity contribution in [1.29, 1.82) is 0 Å². The molecule has 0 heterocycles. The minimum absolute atomic E-state index is 0.0238. The summed E-state index contributed by atoms with van der Waals surface area (Å²) in [6.07, 6.45) is 0. The van der Waals surface area contributed by atoms with Crippen LogP contribution in [0.2, 0.25) is 10.0 Å². The minimum atomic E-state index is -4.01. The summed E-state index contributed by atoms with van der Waals surface area (Å²) in [4.78, 5) is 15.3. The van der Waals surface area contributed by atoms with E-state index in [0.717, 1.165) is 6.54 Å².